The summed E-state index contributed by atoms with van der Waals surface area (Å²) in [7, 11) is 0. The van der Waals surface area contributed by atoms with Gasteiger partial charge in [-0.15, -0.1) is 23.5 Å². The van der Waals surface area contributed by atoms with Gasteiger partial charge < -0.3 is 5.73 Å². The van der Waals surface area contributed by atoms with Gasteiger partial charge in [0.1, 0.15) is 40.9 Å². The zero-order valence-corrected chi connectivity index (χ0v) is 32.5. The van der Waals surface area contributed by atoms with Gasteiger partial charge in [0.15, 0.2) is 0 Å². The van der Waals surface area contributed by atoms with Crippen molar-refractivity contribution in [2.75, 3.05) is 5.73 Å². The van der Waals surface area contributed by atoms with Crippen LogP contribution in [-0.2, 0) is 11.2 Å². The Balaban J connectivity index is 0.000000213. The van der Waals surface area contributed by atoms with Crippen LogP contribution in [0.15, 0.2) is 34.1 Å². The summed E-state index contributed by atoms with van der Waals surface area (Å²) in [6.07, 6.45) is 3.49. The van der Waals surface area contributed by atoms with Gasteiger partial charge in [-0.2, -0.15) is 21.7 Å². The monoisotopic (exact) mass is 745 g/mol. The van der Waals surface area contributed by atoms with Crippen molar-refractivity contribution >= 4 is 46.9 Å². The van der Waals surface area contributed by atoms with E-state index in [1.165, 1.54) is 44.9 Å². The first-order chi connectivity index (χ1) is 23.1. The molecule has 0 bridgehead atoms. The maximum Gasteiger partial charge on any atom is 0.350 e. The third kappa shape index (κ3) is 10.1. The first-order valence-corrected chi connectivity index (χ1v) is 20.2. The number of halogens is 3. The minimum absolute atomic E-state index is 0.0422. The average Bonchev–Trinajstić information content (AvgIpc) is 3.62. The van der Waals surface area contributed by atoms with Gasteiger partial charge in [-0.25, -0.2) is 22.8 Å². The summed E-state index contributed by atoms with van der Waals surface area (Å²) in [5, 5.41) is 0.254. The molecule has 0 amide bonds. The fourth-order valence-electron chi connectivity index (χ4n) is 6.38. The lowest BCUT2D eigenvalue weighted by molar-refractivity contribution is -0.121. The summed E-state index contributed by atoms with van der Waals surface area (Å²) in [5.74, 6) is 0.280. The largest absolute Gasteiger partial charge is 0.383 e. The van der Waals surface area contributed by atoms with Gasteiger partial charge in [0.05, 0.1) is 5.69 Å². The molecule has 5 rings (SSSR count). The first kappa shape index (κ1) is 41.5. The summed E-state index contributed by atoms with van der Waals surface area (Å²) in [5.41, 5.74) is 4.92. The van der Waals surface area contributed by atoms with Crippen molar-refractivity contribution in [1.82, 2.24) is 19.1 Å². The number of thioether (sulfide) groups is 3. The molecular weight excluding hydrogens is 692 g/mol. The highest BCUT2D eigenvalue weighted by Gasteiger charge is 2.43. The van der Waals surface area contributed by atoms with Crippen molar-refractivity contribution in [2.24, 2.45) is 23.7 Å². The molecule has 2 aromatic heterocycles. The molecular formula is C35H54F3N5O3S3. The van der Waals surface area contributed by atoms with Crippen LogP contribution < -0.4 is 17.1 Å². The van der Waals surface area contributed by atoms with Crippen LogP contribution in [0.25, 0.3) is 0 Å². The van der Waals surface area contributed by atoms with Crippen LogP contribution in [0.2, 0.25) is 0 Å². The smallest absolute Gasteiger partial charge is 0.350 e. The molecule has 14 heteroatoms. The first-order valence-electron chi connectivity index (χ1n) is 17.4. The summed E-state index contributed by atoms with van der Waals surface area (Å²) < 4.78 is 44.4. The maximum atomic E-state index is 14.4. The quantitative estimate of drug-likeness (QED) is 0.291. The van der Waals surface area contributed by atoms with Crippen LogP contribution in [0, 0.1) is 23.7 Å². The topological polar surface area (TPSA) is 113 Å². The Labute approximate surface area is 301 Å². The maximum absolute atomic E-state index is 14.4. The van der Waals surface area contributed by atoms with E-state index in [9.17, 15) is 27.6 Å². The lowest BCUT2D eigenvalue weighted by Crippen LogP contribution is -2.30. The number of aromatic nitrogens is 4. The van der Waals surface area contributed by atoms with E-state index < -0.39 is 40.6 Å². The number of carbonyl (C=O) groups excluding carboxylic acids is 1. The highest BCUT2D eigenvalue weighted by molar-refractivity contribution is 8.01. The second-order valence-corrected chi connectivity index (χ2v) is 17.9. The van der Waals surface area contributed by atoms with E-state index in [1.54, 1.807) is 24.0 Å². The van der Waals surface area contributed by atoms with Gasteiger partial charge in [0.25, 0.3) is 0 Å². The minimum atomic E-state index is -1.06. The minimum Gasteiger partial charge on any atom is -0.383 e. The van der Waals surface area contributed by atoms with E-state index in [4.69, 9.17) is 5.73 Å². The molecule has 276 valence electrons. The number of alkyl halides is 3. The van der Waals surface area contributed by atoms with Gasteiger partial charge >= 0.3 is 11.4 Å². The van der Waals surface area contributed by atoms with Gasteiger partial charge in [0.2, 0.25) is 0 Å². The lowest BCUT2D eigenvalue weighted by atomic mass is 9.99. The Kier molecular flexibility index (Phi) is 15.7. The molecule has 3 fully saturated rings. The van der Waals surface area contributed by atoms with Crippen LogP contribution in [0.3, 0.4) is 0 Å². The van der Waals surface area contributed by atoms with Crippen molar-refractivity contribution in [1.29, 1.82) is 0 Å². The SMILES string of the molecule is CC[C@H]1SC(C)[C@@H](F)[C@@H]1C.CC[C@H]1S[C@@H](n2ccc(CC(=O)C(C)C)nc2=O)[C@@H](F)[C@@H]1C.CC[C@H]1S[C@@H](n2ccc(N)nc2=O)[C@@H](F)[C@@H]1C. The second-order valence-electron chi connectivity index (χ2n) is 13.6. The second kappa shape index (κ2) is 18.5. The summed E-state index contributed by atoms with van der Waals surface area (Å²) in [4.78, 5) is 43.2. The number of rotatable bonds is 8. The van der Waals surface area contributed by atoms with Gasteiger partial charge in [-0.1, -0.05) is 62.3 Å². The number of nitrogens with two attached hydrogens (primary N) is 1. The van der Waals surface area contributed by atoms with Gasteiger partial charge in [-0.3, -0.25) is 13.9 Å². The molecule has 1 unspecified atom stereocenters. The van der Waals surface area contributed by atoms with Crippen molar-refractivity contribution in [3.63, 3.8) is 0 Å². The van der Waals surface area contributed by atoms with Crippen LogP contribution in [0.1, 0.15) is 98.0 Å². The van der Waals surface area contributed by atoms with E-state index in [-0.39, 0.29) is 57.4 Å². The summed E-state index contributed by atoms with van der Waals surface area (Å²) in [6, 6.07) is 3.18. The normalized spacial score (nSPS) is 33.9. The molecule has 49 heavy (non-hydrogen) atoms. The molecule has 5 heterocycles. The number of Topliss-reactive ketones (excluding diaryl/α,β-unsaturated/α-hetero) is 1. The molecule has 3 saturated heterocycles. The molecule has 3 aliphatic heterocycles. The number of carbonyl (C=O) groups is 1. The molecule has 0 aliphatic carbocycles. The highest BCUT2D eigenvalue weighted by atomic mass is 32.2. The highest BCUT2D eigenvalue weighted by Crippen LogP contribution is 2.48. The Bertz CT molecular complexity index is 1500. The average molecular weight is 746 g/mol. The van der Waals surface area contributed by atoms with Crippen molar-refractivity contribution in [3.8, 4) is 0 Å². The predicted octanol–water partition coefficient (Wildman–Crippen LogP) is 7.71. The lowest BCUT2D eigenvalue weighted by Gasteiger charge is -2.16. The third-order valence-electron chi connectivity index (χ3n) is 9.77. The predicted molar refractivity (Wildman–Crippen MR) is 200 cm³/mol. The van der Waals surface area contributed by atoms with E-state index >= 15 is 0 Å². The van der Waals surface area contributed by atoms with Crippen LogP contribution in [-0.4, -0.2) is 64.4 Å². The Hall–Kier alpha value is -1.93. The van der Waals surface area contributed by atoms with E-state index in [1.807, 2.05) is 55.4 Å². The molecule has 12 atom stereocenters. The van der Waals surface area contributed by atoms with Crippen LogP contribution in [0.5, 0.6) is 0 Å². The van der Waals surface area contributed by atoms with Crippen molar-refractivity contribution < 1.29 is 18.0 Å². The number of nitrogen functional groups attached to an aromatic ring is 1. The van der Waals surface area contributed by atoms with Crippen molar-refractivity contribution in [2.45, 2.75) is 138 Å². The molecule has 0 spiro atoms. The molecule has 2 aromatic rings. The zero-order chi connectivity index (χ0) is 36.7. The number of hydrogen-bond donors (Lipinski definition) is 1. The summed E-state index contributed by atoms with van der Waals surface area (Å²) in [6.45, 7) is 17.6. The van der Waals surface area contributed by atoms with E-state index in [2.05, 4.69) is 16.9 Å². The van der Waals surface area contributed by atoms with Gasteiger partial charge in [0, 0.05) is 63.5 Å². The fraction of sp³-hybridized carbons (Fsp3) is 0.743. The molecule has 0 aromatic carbocycles. The Morgan fingerprint density at radius 3 is 1.53 bits per heavy atom. The fourth-order valence-corrected chi connectivity index (χ4v) is 11.2. The van der Waals surface area contributed by atoms with E-state index in [0.29, 0.717) is 10.9 Å². The molecule has 3 aliphatic rings. The van der Waals surface area contributed by atoms with Gasteiger partial charge in [-0.05, 0) is 31.4 Å². The molecule has 0 radical (unpaired) electrons. The molecule has 0 saturated carbocycles. The number of anilines is 1. The number of hydrogen-bond acceptors (Lipinski definition) is 9. The Morgan fingerprint density at radius 1 is 0.755 bits per heavy atom. The number of ketones is 1. The number of nitrogens with zero attached hydrogens (tertiary/aromatic N) is 4. The summed E-state index contributed by atoms with van der Waals surface area (Å²) >= 11 is 4.81. The van der Waals surface area contributed by atoms with Crippen LogP contribution in [0.4, 0.5) is 19.0 Å². The molecule has 2 N–H and O–H groups in total. The zero-order valence-electron chi connectivity index (χ0n) is 30.1. The van der Waals surface area contributed by atoms with Crippen molar-refractivity contribution in [3.05, 3.63) is 51.2 Å². The van der Waals surface area contributed by atoms with Crippen LogP contribution >= 0.6 is 35.3 Å². The third-order valence-corrected chi connectivity index (χ3v) is 15.3. The Morgan fingerprint density at radius 2 is 1.18 bits per heavy atom. The standard InChI is InChI=1S/C16H23FN2O2S.C11H16FN3OS.C8H15FS/c1-5-13-10(4)14(17)15(22-13)19-7-6-11(18-16(19)21)8-12(20)9(2)3;1-3-7-6(2)9(12)10(17-7)15-5-4-8(13)14-11(15)16;1-4-7-5(2)8(9)6(3)10-7/h6-7,9-10,13-15H,5,8H2,1-4H3;4-7,9-10H,3H2,1-2H3,(H2,13,14,16);5-8H,4H2,1-3H3/t10-,13-,14+,15-;6-,7-,9+,10-;5-,6?,7-,8+/m111/s1. The molecule has 8 nitrogen and oxygen atoms in total. The van der Waals surface area contributed by atoms with E-state index in [0.717, 1.165) is 19.3 Å².